The van der Waals surface area contributed by atoms with Crippen molar-refractivity contribution in [1.82, 2.24) is 9.55 Å². The van der Waals surface area contributed by atoms with E-state index in [9.17, 15) is 0 Å². The van der Waals surface area contributed by atoms with Gasteiger partial charge in [0.25, 0.3) is 0 Å². The minimum atomic E-state index is 0.247. The Labute approximate surface area is 59.9 Å². The zero-order valence-corrected chi connectivity index (χ0v) is 5.83. The van der Waals surface area contributed by atoms with Crippen molar-refractivity contribution in [2.75, 3.05) is 6.54 Å². The molecule has 1 aromatic heterocycles. The van der Waals surface area contributed by atoms with E-state index in [2.05, 4.69) is 9.55 Å². The Balaban J connectivity index is 2.27. The summed E-state index contributed by atoms with van der Waals surface area (Å²) in [6, 6.07) is 0. The largest absolute Gasteiger partial charge is 0.330 e. The third-order valence-corrected chi connectivity index (χ3v) is 2.26. The molecule has 0 bridgehead atoms. The highest BCUT2D eigenvalue weighted by Gasteiger charge is 2.42. The summed E-state index contributed by atoms with van der Waals surface area (Å²) >= 11 is 0. The lowest BCUT2D eigenvalue weighted by molar-refractivity contribution is 0.492. The molecular formula is C7H11N3. The molecule has 2 rings (SSSR count). The molecule has 1 fully saturated rings. The molecule has 0 aromatic carbocycles. The minimum absolute atomic E-state index is 0.247. The number of imidazole rings is 1. The molecule has 1 aromatic rings. The van der Waals surface area contributed by atoms with Crippen LogP contribution in [0.4, 0.5) is 0 Å². The zero-order valence-electron chi connectivity index (χ0n) is 5.83. The molecule has 1 aliphatic carbocycles. The normalized spacial score (nSPS) is 20.9. The first-order valence-electron chi connectivity index (χ1n) is 3.56. The second-order valence-corrected chi connectivity index (χ2v) is 2.90. The second kappa shape index (κ2) is 1.83. The van der Waals surface area contributed by atoms with Crippen molar-refractivity contribution in [3.63, 3.8) is 0 Å². The Morgan fingerprint density at radius 2 is 2.40 bits per heavy atom. The molecular weight excluding hydrogens is 126 g/mol. The molecule has 2 N–H and O–H groups in total. The Morgan fingerprint density at radius 3 is 2.80 bits per heavy atom. The highest BCUT2D eigenvalue weighted by Crippen LogP contribution is 2.41. The van der Waals surface area contributed by atoms with Crippen LogP contribution in [-0.2, 0) is 5.54 Å². The summed E-state index contributed by atoms with van der Waals surface area (Å²) in [5.41, 5.74) is 5.86. The maximum absolute atomic E-state index is 5.61. The van der Waals surface area contributed by atoms with Gasteiger partial charge in [0.05, 0.1) is 11.9 Å². The maximum Gasteiger partial charge on any atom is 0.0951 e. The van der Waals surface area contributed by atoms with Crippen molar-refractivity contribution < 1.29 is 0 Å². The molecule has 3 heteroatoms. The van der Waals surface area contributed by atoms with E-state index >= 15 is 0 Å². The van der Waals surface area contributed by atoms with E-state index in [0.717, 1.165) is 6.54 Å². The molecule has 0 saturated heterocycles. The standard InChI is InChI=1S/C7H11N3/c8-5-7(1-2-7)10-4-3-9-6-10/h3-4,6H,1-2,5,8H2. The molecule has 1 heterocycles. The summed E-state index contributed by atoms with van der Waals surface area (Å²) in [5, 5.41) is 0. The number of aromatic nitrogens is 2. The van der Waals surface area contributed by atoms with Gasteiger partial charge in [0.2, 0.25) is 0 Å². The van der Waals surface area contributed by atoms with E-state index in [1.165, 1.54) is 12.8 Å². The first-order chi connectivity index (χ1) is 4.87. The summed E-state index contributed by atoms with van der Waals surface area (Å²) in [4.78, 5) is 3.98. The van der Waals surface area contributed by atoms with Crippen molar-refractivity contribution >= 4 is 0 Å². The molecule has 3 nitrogen and oxygen atoms in total. The van der Waals surface area contributed by atoms with Gasteiger partial charge >= 0.3 is 0 Å². The van der Waals surface area contributed by atoms with Crippen molar-refractivity contribution in [1.29, 1.82) is 0 Å². The van der Waals surface area contributed by atoms with E-state index in [-0.39, 0.29) is 5.54 Å². The number of nitrogens with two attached hydrogens (primary N) is 1. The molecule has 0 spiro atoms. The molecule has 0 aliphatic heterocycles. The highest BCUT2D eigenvalue weighted by molar-refractivity contribution is 5.02. The van der Waals surface area contributed by atoms with E-state index in [1.807, 2.05) is 12.5 Å². The lowest BCUT2D eigenvalue weighted by Gasteiger charge is -2.12. The van der Waals surface area contributed by atoms with Crippen LogP contribution in [0.5, 0.6) is 0 Å². The van der Waals surface area contributed by atoms with Crippen molar-refractivity contribution in [3.8, 4) is 0 Å². The Bertz CT molecular complexity index is 211. The highest BCUT2D eigenvalue weighted by atomic mass is 15.1. The molecule has 1 saturated carbocycles. The first-order valence-corrected chi connectivity index (χ1v) is 3.56. The number of hydrogen-bond donors (Lipinski definition) is 1. The first kappa shape index (κ1) is 5.92. The molecule has 10 heavy (non-hydrogen) atoms. The molecule has 0 atom stereocenters. The predicted molar refractivity (Wildman–Crippen MR) is 38.5 cm³/mol. The monoisotopic (exact) mass is 137 g/mol. The van der Waals surface area contributed by atoms with Gasteiger partial charge in [-0.15, -0.1) is 0 Å². The van der Waals surface area contributed by atoms with Crippen molar-refractivity contribution in [3.05, 3.63) is 18.7 Å². The molecule has 0 amide bonds. The van der Waals surface area contributed by atoms with Gasteiger partial charge < -0.3 is 10.3 Å². The van der Waals surface area contributed by atoms with E-state index in [1.54, 1.807) is 6.20 Å². The third kappa shape index (κ3) is 0.671. The smallest absolute Gasteiger partial charge is 0.0951 e. The fourth-order valence-corrected chi connectivity index (χ4v) is 1.25. The van der Waals surface area contributed by atoms with Gasteiger partial charge in [-0.25, -0.2) is 4.98 Å². The SMILES string of the molecule is NCC1(n2ccnc2)CC1. The van der Waals surface area contributed by atoms with E-state index in [0.29, 0.717) is 0 Å². The predicted octanol–water partition coefficient (Wildman–Crippen LogP) is 0.331. The second-order valence-electron chi connectivity index (χ2n) is 2.90. The van der Waals surface area contributed by atoms with Gasteiger partial charge in [0.15, 0.2) is 0 Å². The van der Waals surface area contributed by atoms with Crippen LogP contribution >= 0.6 is 0 Å². The fraction of sp³-hybridized carbons (Fsp3) is 0.571. The Kier molecular flexibility index (Phi) is 1.08. The summed E-state index contributed by atoms with van der Waals surface area (Å²) < 4.78 is 2.12. The summed E-state index contributed by atoms with van der Waals surface area (Å²) in [5.74, 6) is 0. The van der Waals surface area contributed by atoms with E-state index in [4.69, 9.17) is 5.73 Å². The molecule has 0 unspecified atom stereocenters. The van der Waals surface area contributed by atoms with Gasteiger partial charge in [0, 0.05) is 18.9 Å². The van der Waals surface area contributed by atoms with Gasteiger partial charge in [-0.05, 0) is 12.8 Å². The van der Waals surface area contributed by atoms with Crippen LogP contribution < -0.4 is 5.73 Å². The third-order valence-electron chi connectivity index (χ3n) is 2.26. The number of rotatable bonds is 2. The summed E-state index contributed by atoms with van der Waals surface area (Å²) in [6.45, 7) is 0.739. The van der Waals surface area contributed by atoms with E-state index < -0.39 is 0 Å². The van der Waals surface area contributed by atoms with Crippen molar-refractivity contribution in [2.45, 2.75) is 18.4 Å². The van der Waals surface area contributed by atoms with Crippen molar-refractivity contribution in [2.24, 2.45) is 5.73 Å². The van der Waals surface area contributed by atoms with Crippen LogP contribution in [0, 0.1) is 0 Å². The van der Waals surface area contributed by atoms with Crippen LogP contribution in [0.25, 0.3) is 0 Å². The lowest BCUT2D eigenvalue weighted by Crippen LogP contribution is -2.25. The summed E-state index contributed by atoms with van der Waals surface area (Å²) in [7, 11) is 0. The van der Waals surface area contributed by atoms with Gasteiger partial charge in [0.1, 0.15) is 0 Å². The Morgan fingerprint density at radius 1 is 1.60 bits per heavy atom. The zero-order chi connectivity index (χ0) is 7.03. The van der Waals surface area contributed by atoms with Crippen LogP contribution in [0.1, 0.15) is 12.8 Å². The topological polar surface area (TPSA) is 43.8 Å². The van der Waals surface area contributed by atoms with Gasteiger partial charge in [-0.2, -0.15) is 0 Å². The lowest BCUT2D eigenvalue weighted by atomic mass is 10.3. The van der Waals surface area contributed by atoms with Gasteiger partial charge in [-0.3, -0.25) is 0 Å². The number of nitrogens with zero attached hydrogens (tertiary/aromatic N) is 2. The molecule has 0 radical (unpaired) electrons. The number of hydrogen-bond acceptors (Lipinski definition) is 2. The van der Waals surface area contributed by atoms with Crippen LogP contribution in [0.2, 0.25) is 0 Å². The van der Waals surface area contributed by atoms with Crippen LogP contribution in [0.15, 0.2) is 18.7 Å². The summed E-state index contributed by atoms with van der Waals surface area (Å²) in [6.07, 6.45) is 8.05. The van der Waals surface area contributed by atoms with Crippen LogP contribution in [-0.4, -0.2) is 16.1 Å². The average Bonchev–Trinajstić information content (AvgIpc) is 2.58. The van der Waals surface area contributed by atoms with Crippen LogP contribution in [0.3, 0.4) is 0 Å². The Hall–Kier alpha value is -0.830. The minimum Gasteiger partial charge on any atom is -0.330 e. The molecule has 54 valence electrons. The quantitative estimate of drug-likeness (QED) is 0.638. The van der Waals surface area contributed by atoms with Gasteiger partial charge in [-0.1, -0.05) is 0 Å². The maximum atomic E-state index is 5.61. The fourth-order valence-electron chi connectivity index (χ4n) is 1.25. The molecule has 1 aliphatic rings. The average molecular weight is 137 g/mol.